The quantitative estimate of drug-likeness (QED) is 0.669. The van der Waals surface area contributed by atoms with Gasteiger partial charge in [-0.05, 0) is 68.3 Å². The van der Waals surface area contributed by atoms with Crippen LogP contribution in [0.25, 0.3) is 0 Å². The molecule has 178 valence electrons. The molecular formula is C28H39N3O2. The summed E-state index contributed by atoms with van der Waals surface area (Å²) in [4.78, 5) is 18.7. The highest BCUT2D eigenvalue weighted by Gasteiger charge is 2.36. The lowest BCUT2D eigenvalue weighted by Crippen LogP contribution is -2.45. The van der Waals surface area contributed by atoms with Crippen molar-refractivity contribution in [2.75, 3.05) is 32.1 Å². The molecule has 2 aromatic rings. The fourth-order valence-corrected chi connectivity index (χ4v) is 5.44. The third kappa shape index (κ3) is 5.35. The lowest BCUT2D eigenvalue weighted by molar-refractivity contribution is 0.0662. The predicted molar refractivity (Wildman–Crippen MR) is 135 cm³/mol. The average molecular weight is 450 g/mol. The van der Waals surface area contributed by atoms with Crippen LogP contribution in [0.3, 0.4) is 0 Å². The maximum absolute atomic E-state index is 13.9. The Kier molecular flexibility index (Phi) is 7.59. The SMILES string of the molecule is COc1c(C)cccc1C(=O)N1Cc2ccccc2NCC[C@H]2CC[C@@H](C1)N2CCC(C)C. The minimum absolute atomic E-state index is 0.0526. The summed E-state index contributed by atoms with van der Waals surface area (Å²) in [5.41, 5.74) is 3.95. The topological polar surface area (TPSA) is 44.8 Å². The molecule has 1 fully saturated rings. The van der Waals surface area contributed by atoms with Crippen molar-refractivity contribution in [3.05, 3.63) is 59.2 Å². The summed E-state index contributed by atoms with van der Waals surface area (Å²) < 4.78 is 5.66. The summed E-state index contributed by atoms with van der Waals surface area (Å²) in [6.07, 6.45) is 4.70. The molecule has 2 bridgehead atoms. The molecule has 0 saturated carbocycles. The second-order valence-electron chi connectivity index (χ2n) is 10.0. The predicted octanol–water partition coefficient (Wildman–Crippen LogP) is 5.34. The third-order valence-corrected chi connectivity index (χ3v) is 7.27. The highest BCUT2D eigenvalue weighted by atomic mass is 16.5. The Morgan fingerprint density at radius 1 is 1.09 bits per heavy atom. The average Bonchev–Trinajstić information content (AvgIpc) is 3.17. The van der Waals surface area contributed by atoms with Crippen LogP contribution in [0.2, 0.25) is 0 Å². The van der Waals surface area contributed by atoms with Gasteiger partial charge in [0.1, 0.15) is 5.75 Å². The van der Waals surface area contributed by atoms with Gasteiger partial charge in [0.15, 0.2) is 0 Å². The lowest BCUT2D eigenvalue weighted by Gasteiger charge is -2.34. The number of nitrogens with zero attached hydrogens (tertiary/aromatic N) is 2. The molecule has 1 N–H and O–H groups in total. The van der Waals surface area contributed by atoms with Crippen LogP contribution >= 0.6 is 0 Å². The van der Waals surface area contributed by atoms with Crippen molar-refractivity contribution in [3.8, 4) is 5.75 Å². The first-order chi connectivity index (χ1) is 16.0. The fourth-order valence-electron chi connectivity index (χ4n) is 5.44. The summed E-state index contributed by atoms with van der Waals surface area (Å²) in [5.74, 6) is 1.42. The number of anilines is 1. The van der Waals surface area contributed by atoms with Crippen molar-refractivity contribution >= 4 is 11.6 Å². The summed E-state index contributed by atoms with van der Waals surface area (Å²) >= 11 is 0. The zero-order valence-electron chi connectivity index (χ0n) is 20.6. The maximum Gasteiger partial charge on any atom is 0.257 e. The van der Waals surface area contributed by atoms with Gasteiger partial charge in [0, 0.05) is 37.4 Å². The normalized spacial score (nSPS) is 21.3. The number of nitrogens with one attached hydrogen (secondary N) is 1. The summed E-state index contributed by atoms with van der Waals surface area (Å²) in [5, 5.41) is 3.67. The molecule has 2 atom stereocenters. The molecule has 2 heterocycles. The Bertz CT molecular complexity index is 958. The number of para-hydroxylation sites is 2. The Balaban J connectivity index is 1.69. The van der Waals surface area contributed by atoms with Crippen LogP contribution in [-0.4, -0.2) is 54.5 Å². The van der Waals surface area contributed by atoms with Gasteiger partial charge in [-0.25, -0.2) is 0 Å². The first-order valence-electron chi connectivity index (χ1n) is 12.5. The van der Waals surface area contributed by atoms with E-state index in [1.54, 1.807) is 7.11 Å². The number of rotatable bonds is 5. The van der Waals surface area contributed by atoms with E-state index in [0.29, 0.717) is 35.9 Å². The van der Waals surface area contributed by atoms with Crippen LogP contribution < -0.4 is 10.1 Å². The van der Waals surface area contributed by atoms with Crippen LogP contribution in [0.4, 0.5) is 5.69 Å². The summed E-state index contributed by atoms with van der Waals surface area (Å²) in [7, 11) is 1.65. The molecule has 0 unspecified atom stereocenters. The van der Waals surface area contributed by atoms with Gasteiger partial charge in [-0.3, -0.25) is 9.69 Å². The highest BCUT2D eigenvalue weighted by molar-refractivity contribution is 5.97. The number of carbonyl (C=O) groups is 1. The Hall–Kier alpha value is -2.53. The Morgan fingerprint density at radius 3 is 2.67 bits per heavy atom. The third-order valence-electron chi connectivity index (χ3n) is 7.27. The molecule has 2 aromatic carbocycles. The molecule has 5 nitrogen and oxygen atoms in total. The molecule has 2 aliphatic rings. The van der Waals surface area contributed by atoms with Gasteiger partial charge in [-0.1, -0.05) is 44.2 Å². The number of amides is 1. The van der Waals surface area contributed by atoms with Crippen molar-refractivity contribution in [1.82, 2.24) is 9.80 Å². The van der Waals surface area contributed by atoms with Crippen molar-refractivity contribution in [1.29, 1.82) is 0 Å². The van der Waals surface area contributed by atoms with Crippen LogP contribution in [0, 0.1) is 12.8 Å². The molecule has 1 saturated heterocycles. The standard InChI is InChI=1S/C28H39N3O2/c1-20(2)15-17-31-23-12-13-24(31)19-30(18-22-9-5-6-11-26(22)29-16-14-23)28(32)25-10-7-8-21(3)27(25)33-4/h5-11,20,23-24,29H,12-19H2,1-4H3/t23-,24+/m1/s1. The van der Waals surface area contributed by atoms with E-state index in [1.807, 2.05) is 25.1 Å². The molecule has 0 aromatic heterocycles. The minimum Gasteiger partial charge on any atom is -0.496 e. The van der Waals surface area contributed by atoms with Gasteiger partial charge in [-0.15, -0.1) is 0 Å². The van der Waals surface area contributed by atoms with Crippen LogP contribution in [0.1, 0.15) is 61.0 Å². The second kappa shape index (κ2) is 10.6. The van der Waals surface area contributed by atoms with Gasteiger partial charge in [-0.2, -0.15) is 0 Å². The Labute approximate surface area is 199 Å². The first kappa shape index (κ1) is 23.6. The van der Waals surface area contributed by atoms with E-state index >= 15 is 0 Å². The first-order valence-corrected chi connectivity index (χ1v) is 12.5. The van der Waals surface area contributed by atoms with E-state index in [2.05, 4.69) is 53.2 Å². The van der Waals surface area contributed by atoms with Gasteiger partial charge in [0.05, 0.1) is 12.7 Å². The minimum atomic E-state index is 0.0526. The van der Waals surface area contributed by atoms with Gasteiger partial charge in [0.2, 0.25) is 0 Å². The van der Waals surface area contributed by atoms with Crippen molar-refractivity contribution in [2.45, 2.75) is 65.1 Å². The summed E-state index contributed by atoms with van der Waals surface area (Å²) in [6, 6.07) is 15.2. The number of fused-ring (bicyclic) bond motifs is 3. The van der Waals surface area contributed by atoms with Crippen molar-refractivity contribution in [2.24, 2.45) is 5.92 Å². The molecule has 0 radical (unpaired) electrons. The largest absolute Gasteiger partial charge is 0.496 e. The molecule has 1 amide bonds. The number of methoxy groups -OCH3 is 1. The van der Waals surface area contributed by atoms with Crippen LogP contribution in [0.15, 0.2) is 42.5 Å². The van der Waals surface area contributed by atoms with E-state index < -0.39 is 0 Å². The van der Waals surface area contributed by atoms with E-state index in [0.717, 1.165) is 43.7 Å². The van der Waals surface area contributed by atoms with E-state index in [4.69, 9.17) is 4.74 Å². The zero-order chi connectivity index (χ0) is 23.4. The second-order valence-corrected chi connectivity index (χ2v) is 10.0. The lowest BCUT2D eigenvalue weighted by atomic mass is 10.1. The number of aryl methyl sites for hydroxylation is 1. The van der Waals surface area contributed by atoms with E-state index in [1.165, 1.54) is 18.4 Å². The molecule has 2 aliphatic heterocycles. The van der Waals surface area contributed by atoms with E-state index in [-0.39, 0.29) is 5.91 Å². The molecule has 0 aliphatic carbocycles. The molecule has 4 rings (SSSR count). The molecular weight excluding hydrogens is 410 g/mol. The number of hydrogen-bond donors (Lipinski definition) is 1. The number of hydrogen-bond acceptors (Lipinski definition) is 4. The molecule has 33 heavy (non-hydrogen) atoms. The van der Waals surface area contributed by atoms with Crippen molar-refractivity contribution < 1.29 is 9.53 Å². The monoisotopic (exact) mass is 449 g/mol. The Morgan fingerprint density at radius 2 is 1.88 bits per heavy atom. The zero-order valence-corrected chi connectivity index (χ0v) is 20.6. The van der Waals surface area contributed by atoms with Crippen molar-refractivity contribution in [3.63, 3.8) is 0 Å². The highest BCUT2D eigenvalue weighted by Crippen LogP contribution is 2.32. The maximum atomic E-state index is 13.9. The molecule has 5 heteroatoms. The number of benzene rings is 2. The smallest absolute Gasteiger partial charge is 0.257 e. The van der Waals surface area contributed by atoms with Crippen LogP contribution in [0.5, 0.6) is 5.75 Å². The fraction of sp³-hybridized carbons (Fsp3) is 0.536. The number of carbonyl (C=O) groups excluding carboxylic acids is 1. The summed E-state index contributed by atoms with van der Waals surface area (Å²) in [6.45, 7) is 10.0. The van der Waals surface area contributed by atoms with Gasteiger partial charge in [0.25, 0.3) is 5.91 Å². The molecule has 0 spiro atoms. The van der Waals surface area contributed by atoms with Gasteiger partial charge < -0.3 is 15.0 Å². The van der Waals surface area contributed by atoms with Gasteiger partial charge >= 0.3 is 0 Å². The number of ether oxygens (including phenoxy) is 1. The van der Waals surface area contributed by atoms with Crippen LogP contribution in [-0.2, 0) is 6.54 Å². The van der Waals surface area contributed by atoms with E-state index in [9.17, 15) is 4.79 Å².